The summed E-state index contributed by atoms with van der Waals surface area (Å²) in [6.45, 7) is 10.1. The van der Waals surface area contributed by atoms with Crippen molar-refractivity contribution < 1.29 is 9.53 Å². The lowest BCUT2D eigenvalue weighted by Gasteiger charge is -2.41. The molecule has 9 heteroatoms. The first kappa shape index (κ1) is 19.1. The molecule has 28 heavy (non-hydrogen) atoms. The maximum absolute atomic E-state index is 12.7. The molecule has 152 valence electrons. The van der Waals surface area contributed by atoms with Crippen molar-refractivity contribution in [3.05, 3.63) is 18.5 Å². The van der Waals surface area contributed by atoms with Gasteiger partial charge in [-0.05, 0) is 38.8 Å². The molecule has 0 spiro atoms. The second-order valence-electron chi connectivity index (χ2n) is 8.22. The molecule has 0 saturated carbocycles. The van der Waals surface area contributed by atoms with Gasteiger partial charge in [-0.25, -0.2) is 0 Å². The summed E-state index contributed by atoms with van der Waals surface area (Å²) in [7, 11) is 0. The highest BCUT2D eigenvalue weighted by Gasteiger charge is 2.31. The minimum atomic E-state index is -0.0572. The molecule has 0 aromatic carbocycles. The van der Waals surface area contributed by atoms with Crippen molar-refractivity contribution in [2.75, 3.05) is 50.8 Å². The van der Waals surface area contributed by atoms with Gasteiger partial charge in [-0.2, -0.15) is 4.52 Å². The summed E-state index contributed by atoms with van der Waals surface area (Å²) in [6.07, 6.45) is 3.28. The van der Waals surface area contributed by atoms with E-state index in [-0.39, 0.29) is 17.4 Å². The van der Waals surface area contributed by atoms with Crippen LogP contribution in [0.15, 0.2) is 18.5 Å². The van der Waals surface area contributed by atoms with Crippen LogP contribution in [0.3, 0.4) is 0 Å². The number of fused-ring (bicyclic) bond motifs is 1. The third kappa shape index (κ3) is 4.10. The summed E-state index contributed by atoms with van der Waals surface area (Å²) < 4.78 is 7.12. The molecule has 4 rings (SSSR count). The van der Waals surface area contributed by atoms with Crippen molar-refractivity contribution in [3.8, 4) is 0 Å². The lowest BCUT2D eigenvalue weighted by molar-refractivity contribution is -0.126. The van der Waals surface area contributed by atoms with Crippen molar-refractivity contribution in [1.29, 1.82) is 0 Å². The van der Waals surface area contributed by atoms with Crippen LogP contribution in [0.4, 0.5) is 5.82 Å². The lowest BCUT2D eigenvalue weighted by Crippen LogP contribution is -2.56. The summed E-state index contributed by atoms with van der Waals surface area (Å²) in [5, 5.41) is 15.6. The molecule has 4 heterocycles. The first-order valence-corrected chi connectivity index (χ1v) is 10.1. The molecule has 0 radical (unpaired) electrons. The number of hydrogen-bond donors (Lipinski definition) is 1. The number of piperidine rings is 1. The number of rotatable bonds is 5. The van der Waals surface area contributed by atoms with E-state index >= 15 is 0 Å². The highest BCUT2D eigenvalue weighted by atomic mass is 16.5. The molecule has 0 unspecified atom stereocenters. The molecular formula is C19H29N7O2. The van der Waals surface area contributed by atoms with E-state index in [4.69, 9.17) is 4.74 Å². The highest BCUT2D eigenvalue weighted by molar-refractivity contribution is 5.79. The number of carbonyl (C=O) groups is 1. The van der Waals surface area contributed by atoms with Crippen molar-refractivity contribution in [1.82, 2.24) is 30.0 Å². The number of anilines is 1. The van der Waals surface area contributed by atoms with Gasteiger partial charge in [0.1, 0.15) is 12.1 Å². The highest BCUT2D eigenvalue weighted by Crippen LogP contribution is 2.22. The van der Waals surface area contributed by atoms with E-state index in [0.29, 0.717) is 6.54 Å². The van der Waals surface area contributed by atoms with E-state index in [1.165, 1.54) is 0 Å². The predicted octanol–water partition coefficient (Wildman–Crippen LogP) is 0.568. The molecule has 1 N–H and O–H groups in total. The maximum atomic E-state index is 12.7. The molecule has 2 aromatic heterocycles. The van der Waals surface area contributed by atoms with Gasteiger partial charge >= 0.3 is 0 Å². The number of carbonyl (C=O) groups excluding carboxylic acids is 1. The predicted molar refractivity (Wildman–Crippen MR) is 105 cm³/mol. The summed E-state index contributed by atoms with van der Waals surface area (Å²) in [5.41, 5.74) is 0.680. The molecule has 9 nitrogen and oxygen atoms in total. The zero-order valence-electron chi connectivity index (χ0n) is 16.7. The standard InChI is InChI=1S/C19H29N7O2/c1-19(2,25-9-11-28-12-10-25)13-20-18(27)15-5-7-24(8-6-15)17-4-3-16-22-21-14-26(16)23-17/h3-4,14-15H,5-13H2,1-2H3,(H,20,27). The smallest absolute Gasteiger partial charge is 0.223 e. The number of morpholine rings is 1. The fraction of sp³-hybridized carbons (Fsp3) is 0.684. The van der Waals surface area contributed by atoms with E-state index in [9.17, 15) is 4.79 Å². The van der Waals surface area contributed by atoms with Crippen LogP contribution in [-0.4, -0.2) is 82.1 Å². The Bertz CT molecular complexity index is 807. The van der Waals surface area contributed by atoms with Crippen LogP contribution in [0, 0.1) is 5.92 Å². The van der Waals surface area contributed by atoms with E-state index in [1.54, 1.807) is 10.8 Å². The van der Waals surface area contributed by atoms with Gasteiger partial charge in [0.2, 0.25) is 5.91 Å². The number of hydrogen-bond acceptors (Lipinski definition) is 7. The fourth-order valence-electron chi connectivity index (χ4n) is 3.99. The Morgan fingerprint density at radius 3 is 2.71 bits per heavy atom. The SMILES string of the molecule is CC(C)(CNC(=O)C1CCN(c2ccc3nncn3n2)CC1)N1CCOCC1. The van der Waals surface area contributed by atoms with Crippen LogP contribution in [0.25, 0.3) is 5.65 Å². The molecule has 2 aromatic rings. The normalized spacial score (nSPS) is 19.9. The number of amides is 1. The summed E-state index contributed by atoms with van der Waals surface area (Å²) >= 11 is 0. The second kappa shape index (κ2) is 8.00. The van der Waals surface area contributed by atoms with E-state index in [0.717, 1.165) is 63.7 Å². The molecule has 2 saturated heterocycles. The van der Waals surface area contributed by atoms with E-state index < -0.39 is 0 Å². The Morgan fingerprint density at radius 2 is 1.96 bits per heavy atom. The largest absolute Gasteiger partial charge is 0.379 e. The molecule has 0 aliphatic carbocycles. The van der Waals surface area contributed by atoms with Crippen molar-refractivity contribution in [3.63, 3.8) is 0 Å². The Morgan fingerprint density at radius 1 is 1.21 bits per heavy atom. The van der Waals surface area contributed by atoms with Gasteiger partial charge < -0.3 is 15.0 Å². The number of nitrogens with one attached hydrogen (secondary N) is 1. The van der Waals surface area contributed by atoms with Crippen molar-refractivity contribution in [2.24, 2.45) is 5.92 Å². The maximum Gasteiger partial charge on any atom is 0.223 e. The summed E-state index contributed by atoms with van der Waals surface area (Å²) in [4.78, 5) is 17.3. The quantitative estimate of drug-likeness (QED) is 0.802. The lowest BCUT2D eigenvalue weighted by atomic mass is 9.95. The van der Waals surface area contributed by atoms with Gasteiger partial charge in [0.05, 0.1) is 13.2 Å². The minimum absolute atomic E-state index is 0.0572. The van der Waals surface area contributed by atoms with Gasteiger partial charge in [-0.1, -0.05) is 0 Å². The Balaban J connectivity index is 1.27. The van der Waals surface area contributed by atoms with Crippen LogP contribution in [0.2, 0.25) is 0 Å². The number of nitrogens with zero attached hydrogens (tertiary/aromatic N) is 6. The van der Waals surface area contributed by atoms with Gasteiger partial charge in [0.25, 0.3) is 0 Å². The average molecular weight is 387 g/mol. The fourth-order valence-corrected chi connectivity index (χ4v) is 3.99. The van der Waals surface area contributed by atoms with Crippen LogP contribution < -0.4 is 10.2 Å². The second-order valence-corrected chi connectivity index (χ2v) is 8.22. The Kier molecular flexibility index (Phi) is 5.45. The summed E-state index contributed by atoms with van der Waals surface area (Å²) in [6, 6.07) is 3.89. The molecular weight excluding hydrogens is 358 g/mol. The number of aromatic nitrogens is 4. The minimum Gasteiger partial charge on any atom is -0.379 e. The number of ether oxygens (including phenoxy) is 1. The zero-order valence-corrected chi connectivity index (χ0v) is 16.7. The molecule has 0 atom stereocenters. The third-order valence-corrected chi connectivity index (χ3v) is 5.90. The third-order valence-electron chi connectivity index (χ3n) is 5.90. The first-order chi connectivity index (χ1) is 13.5. The van der Waals surface area contributed by atoms with Gasteiger partial charge in [-0.15, -0.1) is 15.3 Å². The van der Waals surface area contributed by atoms with Crippen LogP contribution >= 0.6 is 0 Å². The van der Waals surface area contributed by atoms with E-state index in [2.05, 4.69) is 44.3 Å². The first-order valence-electron chi connectivity index (χ1n) is 10.1. The van der Waals surface area contributed by atoms with Crippen LogP contribution in [-0.2, 0) is 9.53 Å². The Hall–Kier alpha value is -2.26. The van der Waals surface area contributed by atoms with Crippen molar-refractivity contribution >= 4 is 17.4 Å². The monoisotopic (exact) mass is 387 g/mol. The molecule has 1 amide bonds. The molecule has 2 aliphatic rings. The Labute approximate surface area is 165 Å². The van der Waals surface area contributed by atoms with Gasteiger partial charge in [0, 0.05) is 44.2 Å². The average Bonchev–Trinajstić information content (AvgIpc) is 3.21. The molecule has 2 aliphatic heterocycles. The van der Waals surface area contributed by atoms with Crippen molar-refractivity contribution in [2.45, 2.75) is 32.2 Å². The van der Waals surface area contributed by atoms with E-state index in [1.807, 2.05) is 12.1 Å². The topological polar surface area (TPSA) is 87.9 Å². The zero-order chi connectivity index (χ0) is 19.6. The summed E-state index contributed by atoms with van der Waals surface area (Å²) in [5.74, 6) is 1.14. The van der Waals surface area contributed by atoms with Gasteiger partial charge in [0.15, 0.2) is 5.65 Å². The van der Waals surface area contributed by atoms with Crippen LogP contribution in [0.1, 0.15) is 26.7 Å². The van der Waals surface area contributed by atoms with Gasteiger partial charge in [-0.3, -0.25) is 9.69 Å². The molecule has 2 fully saturated rings. The van der Waals surface area contributed by atoms with Crippen LogP contribution in [0.5, 0.6) is 0 Å². The molecule has 0 bridgehead atoms.